The molecule has 2 aromatic rings. The fraction of sp³-hybridized carbons (Fsp3) is 0.500. The van der Waals surface area contributed by atoms with Gasteiger partial charge in [0, 0.05) is 17.1 Å². The van der Waals surface area contributed by atoms with Crippen LogP contribution in [0.2, 0.25) is 0 Å². The molecule has 0 heterocycles. The van der Waals surface area contributed by atoms with Crippen molar-refractivity contribution in [2.75, 3.05) is 0 Å². The molecule has 2 aliphatic carbocycles. The van der Waals surface area contributed by atoms with Crippen LogP contribution in [-0.2, 0) is 17.1 Å². The predicted molar refractivity (Wildman–Crippen MR) is 86.5 cm³/mol. The Hall–Kier alpha value is -0.781. The van der Waals surface area contributed by atoms with E-state index in [0.29, 0.717) is 0 Å². The summed E-state index contributed by atoms with van der Waals surface area (Å²) in [7, 11) is 0. The van der Waals surface area contributed by atoms with E-state index in [2.05, 4.69) is 18.2 Å². The largest absolute Gasteiger partial charge is 0.748 e. The molecule has 120 valence electrons. The molecular weight excluding hydrogens is 296 g/mol. The second kappa shape index (κ2) is 8.61. The van der Waals surface area contributed by atoms with Crippen molar-refractivity contribution >= 4 is 0 Å². The van der Waals surface area contributed by atoms with Gasteiger partial charge in [0.25, 0.3) is 0 Å². The van der Waals surface area contributed by atoms with E-state index in [1.54, 1.807) is 11.1 Å². The average molecular weight is 322 g/mol. The maximum atomic E-state index is 2.41. The molecule has 2 aromatic carbocycles. The SMILES string of the molecule is [Fe].[cH-]1[cH-][cH-][cH-][cH-]1.c1cc(C2CCCC2)[c-](C2CCCC2)c1. The summed E-state index contributed by atoms with van der Waals surface area (Å²) >= 11 is 0. The summed E-state index contributed by atoms with van der Waals surface area (Å²) in [5.41, 5.74) is 3.44. The van der Waals surface area contributed by atoms with Crippen molar-refractivity contribution in [3.05, 3.63) is 59.7 Å². The maximum Gasteiger partial charge on any atom is 0 e. The van der Waals surface area contributed by atoms with Crippen LogP contribution < -0.4 is 0 Å². The molecule has 0 nitrogen and oxygen atoms in total. The smallest absolute Gasteiger partial charge is 0 e. The van der Waals surface area contributed by atoms with E-state index in [-0.39, 0.29) is 17.1 Å². The molecule has 0 aliphatic heterocycles. The fourth-order valence-corrected chi connectivity index (χ4v) is 3.99. The normalized spacial score (nSPS) is 19.0. The summed E-state index contributed by atoms with van der Waals surface area (Å²) in [4.78, 5) is 0. The first-order valence-corrected chi connectivity index (χ1v) is 8.37. The molecule has 2 fully saturated rings. The van der Waals surface area contributed by atoms with Crippen molar-refractivity contribution in [1.82, 2.24) is 0 Å². The molecule has 0 spiro atoms. The molecule has 21 heavy (non-hydrogen) atoms. The van der Waals surface area contributed by atoms with Crippen molar-refractivity contribution < 1.29 is 17.1 Å². The van der Waals surface area contributed by atoms with Crippen LogP contribution >= 0.6 is 0 Å². The van der Waals surface area contributed by atoms with Gasteiger partial charge in [-0.25, -0.2) is 12.1 Å². The first-order valence-electron chi connectivity index (χ1n) is 8.37. The average Bonchev–Trinajstić information content (AvgIpc) is 3.28. The third kappa shape index (κ3) is 4.34. The molecule has 0 unspecified atom stereocenters. The summed E-state index contributed by atoms with van der Waals surface area (Å²) in [6.07, 6.45) is 11.6. The standard InChI is InChI=1S/C15H21.C5H5.Fe/c1-2-7-12(6-1)14-10-5-11-15(14)13-8-3-4-9-13;1-2-4-5-3-1;/h5,10-13H,1-4,6-9H2;1-5H;/q-1;-5;. The summed E-state index contributed by atoms with van der Waals surface area (Å²) in [6, 6.07) is 17.1. The van der Waals surface area contributed by atoms with Crippen molar-refractivity contribution in [3.63, 3.8) is 0 Å². The Morgan fingerprint density at radius 1 is 0.810 bits per heavy atom. The molecule has 4 rings (SSSR count). The molecule has 0 atom stereocenters. The van der Waals surface area contributed by atoms with Crippen LogP contribution in [0.1, 0.15) is 74.3 Å². The minimum Gasteiger partial charge on any atom is -0.748 e. The van der Waals surface area contributed by atoms with Gasteiger partial charge in [0.1, 0.15) is 0 Å². The second-order valence-electron chi connectivity index (χ2n) is 6.36. The number of rotatable bonds is 2. The molecule has 0 radical (unpaired) electrons. The minimum atomic E-state index is 0. The molecule has 0 amide bonds. The van der Waals surface area contributed by atoms with Gasteiger partial charge in [0.2, 0.25) is 0 Å². The molecule has 2 saturated carbocycles. The van der Waals surface area contributed by atoms with E-state index < -0.39 is 0 Å². The van der Waals surface area contributed by atoms with Crippen molar-refractivity contribution in [3.8, 4) is 0 Å². The van der Waals surface area contributed by atoms with E-state index in [1.807, 2.05) is 30.3 Å². The van der Waals surface area contributed by atoms with Gasteiger partial charge in [0.05, 0.1) is 0 Å². The Morgan fingerprint density at radius 2 is 1.33 bits per heavy atom. The topological polar surface area (TPSA) is 0 Å². The first kappa shape index (κ1) is 16.6. The molecule has 0 saturated heterocycles. The quantitative estimate of drug-likeness (QED) is 0.461. The Kier molecular flexibility index (Phi) is 6.80. The van der Waals surface area contributed by atoms with Gasteiger partial charge in [-0.3, -0.25) is 0 Å². The van der Waals surface area contributed by atoms with Crippen molar-refractivity contribution in [1.29, 1.82) is 0 Å². The van der Waals surface area contributed by atoms with Crippen LogP contribution in [0.5, 0.6) is 0 Å². The van der Waals surface area contributed by atoms with Crippen LogP contribution in [0.4, 0.5) is 0 Å². The van der Waals surface area contributed by atoms with E-state index >= 15 is 0 Å². The van der Waals surface area contributed by atoms with Gasteiger partial charge in [-0.1, -0.05) is 44.4 Å². The Bertz CT molecular complexity index is 420. The van der Waals surface area contributed by atoms with E-state index in [0.717, 1.165) is 11.8 Å². The van der Waals surface area contributed by atoms with E-state index in [9.17, 15) is 0 Å². The Balaban J connectivity index is 0.000000231. The third-order valence-corrected chi connectivity index (χ3v) is 5.03. The van der Waals surface area contributed by atoms with Gasteiger partial charge < -0.3 is 30.3 Å². The number of hydrogen-bond donors (Lipinski definition) is 0. The van der Waals surface area contributed by atoms with Crippen LogP contribution in [0, 0.1) is 0 Å². The van der Waals surface area contributed by atoms with Gasteiger partial charge in [-0.2, -0.15) is 17.2 Å². The van der Waals surface area contributed by atoms with E-state index in [4.69, 9.17) is 0 Å². The monoisotopic (exact) mass is 322 g/mol. The zero-order valence-electron chi connectivity index (χ0n) is 12.8. The van der Waals surface area contributed by atoms with Gasteiger partial charge >= 0.3 is 0 Å². The summed E-state index contributed by atoms with van der Waals surface area (Å²) in [6.45, 7) is 0. The molecular formula is C20H26Fe-6. The van der Waals surface area contributed by atoms with Crippen molar-refractivity contribution in [2.24, 2.45) is 0 Å². The van der Waals surface area contributed by atoms with Crippen LogP contribution in [0.25, 0.3) is 0 Å². The van der Waals surface area contributed by atoms with Crippen LogP contribution in [-0.4, -0.2) is 0 Å². The third-order valence-electron chi connectivity index (χ3n) is 5.03. The summed E-state index contributed by atoms with van der Waals surface area (Å²) < 4.78 is 0. The Morgan fingerprint density at radius 3 is 1.90 bits per heavy atom. The first-order chi connectivity index (χ1) is 9.95. The van der Waals surface area contributed by atoms with Crippen LogP contribution in [0.15, 0.2) is 48.5 Å². The number of hydrogen-bond acceptors (Lipinski definition) is 0. The van der Waals surface area contributed by atoms with Gasteiger partial charge in [-0.15, -0.1) is 0 Å². The summed E-state index contributed by atoms with van der Waals surface area (Å²) in [5.74, 6) is 1.83. The van der Waals surface area contributed by atoms with Gasteiger partial charge in [0.15, 0.2) is 0 Å². The second-order valence-corrected chi connectivity index (χ2v) is 6.36. The molecule has 0 bridgehead atoms. The predicted octanol–water partition coefficient (Wildman–Crippen LogP) is 6.12. The zero-order valence-corrected chi connectivity index (χ0v) is 13.9. The van der Waals surface area contributed by atoms with Gasteiger partial charge in [-0.05, 0) is 18.8 Å². The summed E-state index contributed by atoms with van der Waals surface area (Å²) in [5, 5.41) is 0. The Labute approximate surface area is 140 Å². The minimum absolute atomic E-state index is 0. The molecule has 0 N–H and O–H groups in total. The molecule has 0 aromatic heterocycles. The van der Waals surface area contributed by atoms with E-state index in [1.165, 1.54) is 51.4 Å². The fourth-order valence-electron chi connectivity index (χ4n) is 3.99. The van der Waals surface area contributed by atoms with Crippen LogP contribution in [0.3, 0.4) is 0 Å². The maximum absolute atomic E-state index is 2.41. The molecule has 2 aliphatic rings. The van der Waals surface area contributed by atoms with Crippen molar-refractivity contribution in [2.45, 2.75) is 63.2 Å². The zero-order chi connectivity index (χ0) is 13.6. The molecule has 1 heteroatoms.